The third-order valence-corrected chi connectivity index (χ3v) is 3.93. The lowest BCUT2D eigenvalue weighted by Crippen LogP contribution is -2.57. The largest absolute Gasteiger partial charge is 0.504 e. The maximum Gasteiger partial charge on any atom is 0.326 e. The van der Waals surface area contributed by atoms with E-state index in [0.29, 0.717) is 0 Å². The Balaban J connectivity index is 2.94. The summed E-state index contributed by atoms with van der Waals surface area (Å²) >= 11 is 0. The topological polar surface area (TPSA) is 220 Å². The predicted molar refractivity (Wildman–Crippen MR) is 96.9 cm³/mol. The van der Waals surface area contributed by atoms with Crippen LogP contribution in [0.5, 0.6) is 11.5 Å². The second-order valence-corrected chi connectivity index (χ2v) is 6.35. The molecule has 0 aliphatic heterocycles. The van der Waals surface area contributed by atoms with Crippen LogP contribution in [0.15, 0.2) is 18.2 Å². The van der Waals surface area contributed by atoms with Crippen molar-refractivity contribution in [2.24, 2.45) is 5.73 Å². The van der Waals surface area contributed by atoms with Crippen molar-refractivity contribution in [2.75, 3.05) is 0 Å². The molecule has 12 nitrogen and oxygen atoms in total. The van der Waals surface area contributed by atoms with Gasteiger partial charge in [0.25, 0.3) is 0 Å². The zero-order chi connectivity index (χ0) is 22.3. The predicted octanol–water partition coefficient (Wildman–Crippen LogP) is -2.12. The molecule has 0 radical (unpaired) electrons. The van der Waals surface area contributed by atoms with Crippen molar-refractivity contribution in [2.45, 2.75) is 44.0 Å². The van der Waals surface area contributed by atoms with E-state index in [2.05, 4.69) is 10.6 Å². The van der Waals surface area contributed by atoms with Gasteiger partial charge in [0.05, 0.1) is 12.5 Å². The number of carboxylic acids is 2. The van der Waals surface area contributed by atoms with E-state index in [9.17, 15) is 39.6 Å². The molecule has 0 unspecified atom stereocenters. The Hall–Kier alpha value is -3.38. The van der Waals surface area contributed by atoms with Crippen LogP contribution < -0.4 is 16.4 Å². The van der Waals surface area contributed by atoms with E-state index in [1.54, 1.807) is 0 Å². The van der Waals surface area contributed by atoms with Crippen LogP contribution in [-0.4, -0.2) is 73.5 Å². The second-order valence-electron chi connectivity index (χ2n) is 6.35. The number of aliphatic carboxylic acids is 2. The molecule has 4 atom stereocenters. The van der Waals surface area contributed by atoms with Crippen molar-refractivity contribution >= 4 is 23.8 Å². The number of aliphatic hydroxyl groups is 1. The van der Waals surface area contributed by atoms with Crippen LogP contribution in [0.4, 0.5) is 0 Å². The minimum Gasteiger partial charge on any atom is -0.504 e. The highest BCUT2D eigenvalue weighted by Gasteiger charge is 2.30. The highest BCUT2D eigenvalue weighted by molar-refractivity contribution is 5.94. The maximum absolute atomic E-state index is 12.4. The van der Waals surface area contributed by atoms with Crippen LogP contribution in [0, 0.1) is 0 Å². The molecule has 0 heterocycles. The first kappa shape index (κ1) is 23.7. The molecule has 0 aromatic heterocycles. The first-order valence-electron chi connectivity index (χ1n) is 8.42. The van der Waals surface area contributed by atoms with Crippen molar-refractivity contribution in [3.05, 3.63) is 23.8 Å². The molecule has 9 N–H and O–H groups in total. The highest BCUT2D eigenvalue weighted by atomic mass is 16.4. The van der Waals surface area contributed by atoms with E-state index < -0.39 is 65.9 Å². The van der Waals surface area contributed by atoms with E-state index in [4.69, 9.17) is 10.8 Å². The zero-order valence-corrected chi connectivity index (χ0v) is 15.4. The van der Waals surface area contributed by atoms with Gasteiger partial charge in [-0.05, 0) is 24.6 Å². The number of amides is 2. The minimum atomic E-state index is -1.64. The number of carboxylic acid groups (broad SMARTS) is 2. The lowest BCUT2D eigenvalue weighted by Gasteiger charge is -2.22. The van der Waals surface area contributed by atoms with Crippen LogP contribution in [0.25, 0.3) is 0 Å². The second kappa shape index (κ2) is 10.2. The third-order valence-electron chi connectivity index (χ3n) is 3.93. The number of phenolic OH excluding ortho intramolecular Hbond substituents is 2. The van der Waals surface area contributed by atoms with Crippen molar-refractivity contribution in [3.8, 4) is 11.5 Å². The molecule has 0 aliphatic carbocycles. The number of carbonyl (C=O) groups excluding carboxylic acids is 2. The Morgan fingerprint density at radius 2 is 1.59 bits per heavy atom. The number of phenols is 2. The average molecular weight is 413 g/mol. The molecule has 1 aromatic carbocycles. The summed E-state index contributed by atoms with van der Waals surface area (Å²) in [6.45, 7) is 1.23. The summed E-state index contributed by atoms with van der Waals surface area (Å²) in [4.78, 5) is 46.8. The molecule has 0 bridgehead atoms. The fourth-order valence-electron chi connectivity index (χ4n) is 2.27. The number of aliphatic hydroxyl groups excluding tert-OH is 1. The minimum absolute atomic E-state index is 0.267. The zero-order valence-electron chi connectivity index (χ0n) is 15.4. The van der Waals surface area contributed by atoms with Gasteiger partial charge in [-0.25, -0.2) is 4.79 Å². The maximum atomic E-state index is 12.4. The van der Waals surface area contributed by atoms with Crippen LogP contribution in [-0.2, 0) is 25.6 Å². The number of nitrogens with two attached hydrogens (primary N) is 1. The van der Waals surface area contributed by atoms with Crippen molar-refractivity contribution < 1.29 is 44.7 Å². The summed E-state index contributed by atoms with van der Waals surface area (Å²) in [5.74, 6) is -5.87. The lowest BCUT2D eigenvalue weighted by molar-refractivity contribution is -0.143. The quantitative estimate of drug-likeness (QED) is 0.195. The molecule has 12 heteroatoms. The normalized spacial score (nSPS) is 14.9. The molecule has 2 amide bonds. The third kappa shape index (κ3) is 7.27. The van der Waals surface area contributed by atoms with E-state index in [-0.39, 0.29) is 12.0 Å². The lowest BCUT2D eigenvalue weighted by atomic mass is 10.0. The summed E-state index contributed by atoms with van der Waals surface area (Å²) in [5, 5.41) is 50.6. The molecule has 0 saturated heterocycles. The van der Waals surface area contributed by atoms with Crippen LogP contribution in [0.1, 0.15) is 18.9 Å². The monoisotopic (exact) mass is 413 g/mol. The standard InChI is InChI=1S/C17H23N3O9/c1-7(21)14(18)16(27)19-9(6-13(24)25)15(26)20-10(17(28)29)4-8-2-3-11(22)12(23)5-8/h2-3,5,7,9-10,14,21-23H,4,6,18H2,1H3,(H,19,27)(H,20,26)(H,24,25)(H,28,29)/t7-,9+,10+,14+/m1/s1. The number of hydrogen-bond acceptors (Lipinski definition) is 8. The average Bonchev–Trinajstić information content (AvgIpc) is 2.62. The molecule has 0 aliphatic rings. The van der Waals surface area contributed by atoms with Gasteiger partial charge in [0.2, 0.25) is 11.8 Å². The first-order valence-corrected chi connectivity index (χ1v) is 8.42. The van der Waals surface area contributed by atoms with E-state index in [0.717, 1.165) is 12.1 Å². The molecule has 1 rings (SSSR count). The Morgan fingerprint density at radius 3 is 2.07 bits per heavy atom. The van der Waals surface area contributed by atoms with Gasteiger partial charge in [-0.15, -0.1) is 0 Å². The fraction of sp³-hybridized carbons (Fsp3) is 0.412. The van der Waals surface area contributed by atoms with Crippen LogP contribution >= 0.6 is 0 Å². The molecule has 0 fully saturated rings. The number of nitrogens with one attached hydrogen (secondary N) is 2. The molecular weight excluding hydrogens is 390 g/mol. The van der Waals surface area contributed by atoms with Gasteiger partial charge in [0.15, 0.2) is 11.5 Å². The van der Waals surface area contributed by atoms with E-state index in [1.165, 1.54) is 13.0 Å². The first-order chi connectivity index (χ1) is 13.4. The summed E-state index contributed by atoms with van der Waals surface area (Å²) in [6, 6.07) is -1.01. The van der Waals surface area contributed by atoms with Gasteiger partial charge in [0, 0.05) is 6.42 Å². The van der Waals surface area contributed by atoms with Gasteiger partial charge in [-0.1, -0.05) is 6.07 Å². The van der Waals surface area contributed by atoms with Crippen molar-refractivity contribution in [1.82, 2.24) is 10.6 Å². The summed E-state index contributed by atoms with van der Waals surface area (Å²) in [6.07, 6.45) is -2.41. The molecule has 0 spiro atoms. The number of benzene rings is 1. The van der Waals surface area contributed by atoms with Gasteiger partial charge in [-0.2, -0.15) is 0 Å². The van der Waals surface area contributed by atoms with E-state index in [1.807, 2.05) is 0 Å². The number of rotatable bonds is 10. The molecule has 1 aromatic rings. The molecule has 160 valence electrons. The summed E-state index contributed by atoms with van der Waals surface area (Å²) in [5.41, 5.74) is 5.70. The smallest absolute Gasteiger partial charge is 0.326 e. The summed E-state index contributed by atoms with van der Waals surface area (Å²) < 4.78 is 0. The van der Waals surface area contributed by atoms with Gasteiger partial charge < -0.3 is 41.9 Å². The number of hydrogen-bond donors (Lipinski definition) is 8. The number of carbonyl (C=O) groups is 4. The molecule has 0 saturated carbocycles. The summed E-state index contributed by atoms with van der Waals surface area (Å²) in [7, 11) is 0. The Bertz CT molecular complexity index is 781. The fourth-order valence-corrected chi connectivity index (χ4v) is 2.27. The van der Waals surface area contributed by atoms with Gasteiger partial charge in [0.1, 0.15) is 18.1 Å². The Kier molecular flexibility index (Phi) is 8.36. The number of aromatic hydroxyl groups is 2. The highest BCUT2D eigenvalue weighted by Crippen LogP contribution is 2.25. The molecule has 29 heavy (non-hydrogen) atoms. The van der Waals surface area contributed by atoms with E-state index >= 15 is 0 Å². The van der Waals surface area contributed by atoms with Gasteiger partial charge in [-0.3, -0.25) is 14.4 Å². The Morgan fingerprint density at radius 1 is 1.00 bits per heavy atom. The van der Waals surface area contributed by atoms with Crippen molar-refractivity contribution in [3.63, 3.8) is 0 Å². The SMILES string of the molecule is C[C@@H](O)[C@H](N)C(=O)N[C@@H](CC(=O)O)C(=O)N[C@@H](Cc1ccc(O)c(O)c1)C(=O)O. The van der Waals surface area contributed by atoms with Crippen LogP contribution in [0.3, 0.4) is 0 Å². The Labute approximate surface area is 165 Å². The van der Waals surface area contributed by atoms with Crippen molar-refractivity contribution in [1.29, 1.82) is 0 Å². The molecular formula is C17H23N3O9. The van der Waals surface area contributed by atoms with Gasteiger partial charge >= 0.3 is 11.9 Å². The van der Waals surface area contributed by atoms with Crippen LogP contribution in [0.2, 0.25) is 0 Å².